The normalized spacial score (nSPS) is 14.5. The topological polar surface area (TPSA) is 134 Å². The largest absolute Gasteiger partial charge is 0.476 e. The van der Waals surface area contributed by atoms with Crippen LogP contribution in [0.4, 0.5) is 17.5 Å². The molecule has 0 atom stereocenters. The standard InChI is InChI=1S/C14H14N4O5S/c1-2-22-13(19)9-6-16-14(18-12(9)15)17-8-3-4-11-10(5-8)23-7-24(11,20)21/h3-6H,2,7H2,1H3,(H3,15,16,17,18). The van der Waals surface area contributed by atoms with E-state index in [1.54, 1.807) is 13.0 Å². The van der Waals surface area contributed by atoms with Gasteiger partial charge in [0, 0.05) is 18.0 Å². The molecule has 1 aliphatic heterocycles. The summed E-state index contributed by atoms with van der Waals surface area (Å²) >= 11 is 0. The first-order valence-electron chi connectivity index (χ1n) is 6.97. The number of esters is 1. The van der Waals surface area contributed by atoms with Gasteiger partial charge in [0.2, 0.25) is 15.8 Å². The number of nitrogen functional groups attached to an aromatic ring is 1. The van der Waals surface area contributed by atoms with Crippen molar-refractivity contribution >= 4 is 33.3 Å². The lowest BCUT2D eigenvalue weighted by Crippen LogP contribution is -2.11. The first-order valence-corrected chi connectivity index (χ1v) is 8.62. The molecule has 2 aromatic rings. The quantitative estimate of drug-likeness (QED) is 0.777. The number of nitrogens with one attached hydrogen (secondary N) is 1. The third-order valence-electron chi connectivity index (χ3n) is 3.22. The zero-order valence-electron chi connectivity index (χ0n) is 12.6. The van der Waals surface area contributed by atoms with Crippen LogP contribution in [-0.4, -0.2) is 36.9 Å². The molecule has 24 heavy (non-hydrogen) atoms. The molecule has 1 aliphatic rings. The van der Waals surface area contributed by atoms with E-state index in [2.05, 4.69) is 15.3 Å². The van der Waals surface area contributed by atoms with Gasteiger partial charge in [0.25, 0.3) is 0 Å². The number of fused-ring (bicyclic) bond motifs is 1. The first-order chi connectivity index (χ1) is 11.4. The molecular formula is C14H14N4O5S. The molecule has 0 fully saturated rings. The van der Waals surface area contributed by atoms with Crippen molar-refractivity contribution in [2.45, 2.75) is 11.8 Å². The number of ether oxygens (including phenoxy) is 2. The van der Waals surface area contributed by atoms with Gasteiger partial charge in [0.15, 0.2) is 5.94 Å². The van der Waals surface area contributed by atoms with Gasteiger partial charge >= 0.3 is 5.97 Å². The van der Waals surface area contributed by atoms with Crippen LogP contribution in [0.1, 0.15) is 17.3 Å². The van der Waals surface area contributed by atoms with E-state index in [1.807, 2.05) is 0 Å². The van der Waals surface area contributed by atoms with E-state index in [-0.39, 0.29) is 40.5 Å². The number of nitrogens with two attached hydrogens (primary N) is 1. The minimum Gasteiger partial charge on any atom is -0.476 e. The molecule has 10 heteroatoms. The highest BCUT2D eigenvalue weighted by molar-refractivity contribution is 7.91. The van der Waals surface area contributed by atoms with Crippen molar-refractivity contribution in [1.29, 1.82) is 0 Å². The average Bonchev–Trinajstić information content (AvgIpc) is 2.82. The maximum absolute atomic E-state index is 11.7. The smallest absolute Gasteiger partial charge is 0.343 e. The van der Waals surface area contributed by atoms with E-state index in [4.69, 9.17) is 15.2 Å². The summed E-state index contributed by atoms with van der Waals surface area (Å²) in [4.78, 5) is 19.8. The molecule has 2 heterocycles. The number of aromatic nitrogens is 2. The summed E-state index contributed by atoms with van der Waals surface area (Å²) in [5.41, 5.74) is 6.33. The second kappa shape index (κ2) is 5.96. The van der Waals surface area contributed by atoms with Crippen LogP contribution >= 0.6 is 0 Å². The number of hydrogen-bond acceptors (Lipinski definition) is 9. The molecule has 126 valence electrons. The summed E-state index contributed by atoms with van der Waals surface area (Å²) in [5.74, 6) is -0.579. The van der Waals surface area contributed by atoms with Gasteiger partial charge in [0.05, 0.1) is 6.61 Å². The second-order valence-corrected chi connectivity index (χ2v) is 6.78. The number of benzene rings is 1. The van der Waals surface area contributed by atoms with E-state index in [0.717, 1.165) is 0 Å². The highest BCUT2D eigenvalue weighted by Gasteiger charge is 2.28. The van der Waals surface area contributed by atoms with Gasteiger partial charge in [-0.1, -0.05) is 0 Å². The molecule has 3 N–H and O–H groups in total. The molecule has 0 bridgehead atoms. The van der Waals surface area contributed by atoms with E-state index in [1.165, 1.54) is 18.3 Å². The number of carbonyl (C=O) groups is 1. The zero-order chi connectivity index (χ0) is 17.3. The summed E-state index contributed by atoms with van der Waals surface area (Å²) in [6.45, 7) is 1.90. The summed E-state index contributed by atoms with van der Waals surface area (Å²) in [6, 6.07) is 4.53. The summed E-state index contributed by atoms with van der Waals surface area (Å²) in [7, 11) is -3.38. The molecule has 0 saturated carbocycles. The lowest BCUT2D eigenvalue weighted by molar-refractivity contribution is 0.0527. The zero-order valence-corrected chi connectivity index (χ0v) is 13.5. The molecule has 0 aliphatic carbocycles. The Morgan fingerprint density at radius 2 is 2.25 bits per heavy atom. The van der Waals surface area contributed by atoms with Crippen molar-refractivity contribution in [1.82, 2.24) is 9.97 Å². The van der Waals surface area contributed by atoms with Crippen molar-refractivity contribution in [3.05, 3.63) is 30.0 Å². The molecule has 0 radical (unpaired) electrons. The Morgan fingerprint density at radius 1 is 1.46 bits per heavy atom. The third kappa shape index (κ3) is 2.95. The van der Waals surface area contributed by atoms with E-state index >= 15 is 0 Å². The van der Waals surface area contributed by atoms with Crippen LogP contribution in [0.5, 0.6) is 5.75 Å². The van der Waals surface area contributed by atoms with Gasteiger partial charge in [-0.25, -0.2) is 18.2 Å². The Bertz CT molecular complexity index is 913. The van der Waals surface area contributed by atoms with Gasteiger partial charge in [-0.15, -0.1) is 0 Å². The molecule has 3 rings (SSSR count). The Morgan fingerprint density at radius 3 is 2.96 bits per heavy atom. The molecule has 9 nitrogen and oxygen atoms in total. The van der Waals surface area contributed by atoms with Crippen LogP contribution in [0.2, 0.25) is 0 Å². The highest BCUT2D eigenvalue weighted by Crippen LogP contribution is 2.34. The number of nitrogens with zero attached hydrogens (tertiary/aromatic N) is 2. The monoisotopic (exact) mass is 350 g/mol. The van der Waals surface area contributed by atoms with Crippen molar-refractivity contribution in [3.8, 4) is 5.75 Å². The fourth-order valence-electron chi connectivity index (χ4n) is 2.11. The van der Waals surface area contributed by atoms with Crippen molar-refractivity contribution in [3.63, 3.8) is 0 Å². The Balaban J connectivity index is 1.82. The minimum absolute atomic E-state index is 0.0223. The van der Waals surface area contributed by atoms with Crippen LogP contribution < -0.4 is 15.8 Å². The van der Waals surface area contributed by atoms with Crippen molar-refractivity contribution in [2.75, 3.05) is 23.6 Å². The minimum atomic E-state index is -3.38. The van der Waals surface area contributed by atoms with Crippen LogP contribution in [0.25, 0.3) is 0 Å². The summed E-state index contributed by atoms with van der Waals surface area (Å²) in [6.07, 6.45) is 1.26. The Labute approximate surface area is 137 Å². The highest BCUT2D eigenvalue weighted by atomic mass is 32.2. The molecule has 0 amide bonds. The van der Waals surface area contributed by atoms with E-state index < -0.39 is 15.8 Å². The number of anilines is 3. The maximum atomic E-state index is 11.7. The van der Waals surface area contributed by atoms with Gasteiger partial charge in [-0.3, -0.25) is 0 Å². The predicted molar refractivity (Wildman–Crippen MR) is 84.8 cm³/mol. The first kappa shape index (κ1) is 16.0. The lowest BCUT2D eigenvalue weighted by Gasteiger charge is -2.08. The van der Waals surface area contributed by atoms with E-state index in [9.17, 15) is 13.2 Å². The van der Waals surface area contributed by atoms with Crippen LogP contribution in [0, 0.1) is 0 Å². The van der Waals surface area contributed by atoms with Gasteiger partial charge < -0.3 is 20.5 Å². The van der Waals surface area contributed by atoms with Gasteiger partial charge in [0.1, 0.15) is 22.0 Å². The molecule has 0 saturated heterocycles. The molecule has 1 aromatic heterocycles. The van der Waals surface area contributed by atoms with Crippen LogP contribution in [-0.2, 0) is 14.6 Å². The molecule has 1 aromatic carbocycles. The third-order valence-corrected chi connectivity index (χ3v) is 4.65. The second-order valence-electron chi connectivity index (χ2n) is 4.88. The summed E-state index contributed by atoms with van der Waals surface area (Å²) in [5, 5.41) is 2.87. The van der Waals surface area contributed by atoms with E-state index in [0.29, 0.717) is 5.69 Å². The van der Waals surface area contributed by atoms with Gasteiger partial charge in [-0.05, 0) is 19.1 Å². The van der Waals surface area contributed by atoms with Crippen molar-refractivity contribution < 1.29 is 22.7 Å². The predicted octanol–water partition coefficient (Wildman–Crippen LogP) is 1.10. The van der Waals surface area contributed by atoms with Gasteiger partial charge in [-0.2, -0.15) is 4.98 Å². The molecular weight excluding hydrogens is 336 g/mol. The van der Waals surface area contributed by atoms with Crippen molar-refractivity contribution in [2.24, 2.45) is 0 Å². The SMILES string of the molecule is CCOC(=O)c1cnc(Nc2ccc3c(c2)OCS3(=O)=O)nc1N. The van der Waals surface area contributed by atoms with Crippen LogP contribution in [0.15, 0.2) is 29.3 Å². The fourth-order valence-corrected chi connectivity index (χ4v) is 3.22. The Hall–Kier alpha value is -2.88. The Kier molecular flexibility index (Phi) is 3.97. The van der Waals surface area contributed by atoms with Crippen LogP contribution in [0.3, 0.4) is 0 Å². The molecule has 0 unspecified atom stereocenters. The number of carbonyl (C=O) groups excluding carboxylic acids is 1. The average molecular weight is 350 g/mol. The summed E-state index contributed by atoms with van der Waals surface area (Å²) < 4.78 is 33.4. The fraction of sp³-hybridized carbons (Fsp3) is 0.214. The lowest BCUT2D eigenvalue weighted by atomic mass is 10.3. The number of rotatable bonds is 4. The maximum Gasteiger partial charge on any atom is 0.343 e. The molecule has 0 spiro atoms. The number of hydrogen-bond donors (Lipinski definition) is 2. The number of sulfone groups is 1.